The molecule has 0 aliphatic carbocycles. The zero-order valence-electron chi connectivity index (χ0n) is 11.1. The first-order valence-corrected chi connectivity index (χ1v) is 7.47. The summed E-state index contributed by atoms with van der Waals surface area (Å²) in [5.41, 5.74) is 0.784. The van der Waals surface area contributed by atoms with Crippen molar-refractivity contribution >= 4 is 23.7 Å². The summed E-state index contributed by atoms with van der Waals surface area (Å²) >= 11 is 1.70. The molecule has 1 aliphatic heterocycles. The molecule has 20 heavy (non-hydrogen) atoms. The minimum absolute atomic E-state index is 0. The summed E-state index contributed by atoms with van der Waals surface area (Å²) in [5.74, 6) is -0.112. The molecule has 2 aromatic rings. The summed E-state index contributed by atoms with van der Waals surface area (Å²) in [6, 6.07) is 11.3. The maximum Gasteiger partial charge on any atom is 0.128 e. The molecule has 1 aliphatic rings. The third kappa shape index (κ3) is 3.20. The lowest BCUT2D eigenvalue weighted by atomic mass is 10.0. The molecule has 1 saturated heterocycles. The van der Waals surface area contributed by atoms with Gasteiger partial charge in [0, 0.05) is 36.6 Å². The summed E-state index contributed by atoms with van der Waals surface area (Å²) < 4.78 is 14.1. The molecular formula is C15H18ClFN2S. The lowest BCUT2D eigenvalue weighted by molar-refractivity contribution is 0.197. The van der Waals surface area contributed by atoms with Crippen LogP contribution < -0.4 is 5.32 Å². The Morgan fingerprint density at radius 2 is 1.85 bits per heavy atom. The summed E-state index contributed by atoms with van der Waals surface area (Å²) in [5, 5.41) is 5.41. The third-order valence-corrected chi connectivity index (χ3v) is 4.45. The molecule has 0 radical (unpaired) electrons. The second-order valence-corrected chi connectivity index (χ2v) is 5.70. The molecule has 2 nitrogen and oxygen atoms in total. The fourth-order valence-electron chi connectivity index (χ4n) is 2.61. The van der Waals surface area contributed by atoms with Crippen LogP contribution in [0.1, 0.15) is 16.5 Å². The second-order valence-electron chi connectivity index (χ2n) is 4.73. The number of hydrogen-bond donors (Lipinski definition) is 1. The van der Waals surface area contributed by atoms with Crippen LogP contribution in [0.3, 0.4) is 0 Å². The van der Waals surface area contributed by atoms with Crippen LogP contribution >= 0.6 is 23.7 Å². The summed E-state index contributed by atoms with van der Waals surface area (Å²) in [6.07, 6.45) is 0. The zero-order valence-corrected chi connectivity index (χ0v) is 12.7. The molecule has 5 heteroatoms. The van der Waals surface area contributed by atoms with E-state index in [9.17, 15) is 4.39 Å². The van der Waals surface area contributed by atoms with Gasteiger partial charge in [-0.2, -0.15) is 0 Å². The first-order chi connectivity index (χ1) is 9.36. The zero-order chi connectivity index (χ0) is 13.1. The average molecular weight is 313 g/mol. The Morgan fingerprint density at radius 1 is 1.10 bits per heavy atom. The second kappa shape index (κ2) is 7.18. The average Bonchev–Trinajstić information content (AvgIpc) is 2.96. The van der Waals surface area contributed by atoms with E-state index in [0.29, 0.717) is 0 Å². The van der Waals surface area contributed by atoms with Crippen molar-refractivity contribution in [1.29, 1.82) is 0 Å². The van der Waals surface area contributed by atoms with Crippen LogP contribution in [0.4, 0.5) is 4.39 Å². The predicted octanol–water partition coefficient (Wildman–Crippen LogP) is 3.30. The van der Waals surface area contributed by atoms with Gasteiger partial charge in [0.1, 0.15) is 5.82 Å². The standard InChI is InChI=1S/C15H17FN2S.ClH/c16-13-5-2-1-4-12(13)15(14-6-3-11-19-14)18-9-7-17-8-10-18;/h1-6,11,15,17H,7-10H2;1H/t15-;/m1./s1. The van der Waals surface area contributed by atoms with E-state index < -0.39 is 0 Å². The molecule has 0 spiro atoms. The van der Waals surface area contributed by atoms with E-state index in [1.807, 2.05) is 18.2 Å². The smallest absolute Gasteiger partial charge is 0.128 e. The van der Waals surface area contributed by atoms with Crippen LogP contribution in [0.15, 0.2) is 41.8 Å². The van der Waals surface area contributed by atoms with Crippen molar-refractivity contribution in [1.82, 2.24) is 10.2 Å². The Balaban J connectivity index is 0.00000147. The monoisotopic (exact) mass is 312 g/mol. The van der Waals surface area contributed by atoms with Crippen molar-refractivity contribution in [3.8, 4) is 0 Å². The Hall–Kier alpha value is -0.940. The number of piperazine rings is 1. The summed E-state index contributed by atoms with van der Waals surface area (Å²) in [7, 11) is 0. The van der Waals surface area contributed by atoms with Crippen LogP contribution in [-0.4, -0.2) is 31.1 Å². The van der Waals surface area contributed by atoms with E-state index in [4.69, 9.17) is 0 Å². The lowest BCUT2D eigenvalue weighted by Gasteiger charge is -2.34. The molecule has 0 saturated carbocycles. The highest BCUT2D eigenvalue weighted by atomic mass is 35.5. The number of benzene rings is 1. The SMILES string of the molecule is Cl.Fc1ccccc1[C@H](c1cccs1)N1CCNCC1. The Kier molecular flexibility index (Phi) is 5.54. The van der Waals surface area contributed by atoms with Crippen molar-refractivity contribution in [2.24, 2.45) is 0 Å². The fraction of sp³-hybridized carbons (Fsp3) is 0.333. The highest BCUT2D eigenvalue weighted by molar-refractivity contribution is 7.10. The van der Waals surface area contributed by atoms with Gasteiger partial charge in [0.25, 0.3) is 0 Å². The van der Waals surface area contributed by atoms with E-state index in [1.165, 1.54) is 4.88 Å². The molecule has 3 rings (SSSR count). The third-order valence-electron chi connectivity index (χ3n) is 3.53. The minimum Gasteiger partial charge on any atom is -0.314 e. The van der Waals surface area contributed by atoms with Gasteiger partial charge < -0.3 is 5.32 Å². The van der Waals surface area contributed by atoms with Crippen molar-refractivity contribution in [2.45, 2.75) is 6.04 Å². The number of rotatable bonds is 3. The molecule has 108 valence electrons. The van der Waals surface area contributed by atoms with Gasteiger partial charge in [-0.15, -0.1) is 23.7 Å². The van der Waals surface area contributed by atoms with Crippen LogP contribution in [0, 0.1) is 5.82 Å². The van der Waals surface area contributed by atoms with Crippen molar-refractivity contribution in [2.75, 3.05) is 26.2 Å². The van der Waals surface area contributed by atoms with Crippen molar-refractivity contribution < 1.29 is 4.39 Å². The molecule has 2 heterocycles. The number of thiophene rings is 1. The molecule has 1 N–H and O–H groups in total. The van der Waals surface area contributed by atoms with Crippen molar-refractivity contribution in [3.63, 3.8) is 0 Å². The van der Waals surface area contributed by atoms with Gasteiger partial charge in [0.05, 0.1) is 6.04 Å². The highest BCUT2D eigenvalue weighted by Gasteiger charge is 2.26. The van der Waals surface area contributed by atoms with Crippen molar-refractivity contribution in [3.05, 3.63) is 58.0 Å². The van der Waals surface area contributed by atoms with Gasteiger partial charge in [0.2, 0.25) is 0 Å². The maximum absolute atomic E-state index is 14.1. The molecule has 1 fully saturated rings. The van der Waals surface area contributed by atoms with Crippen LogP contribution in [0.5, 0.6) is 0 Å². The quantitative estimate of drug-likeness (QED) is 0.935. The Morgan fingerprint density at radius 3 is 2.50 bits per heavy atom. The number of nitrogens with zero attached hydrogens (tertiary/aromatic N) is 1. The highest BCUT2D eigenvalue weighted by Crippen LogP contribution is 2.33. The van der Waals surface area contributed by atoms with E-state index >= 15 is 0 Å². The Bertz CT molecular complexity index is 526. The molecule has 0 amide bonds. The normalized spacial score (nSPS) is 17.4. The van der Waals surface area contributed by atoms with Crippen LogP contribution in [-0.2, 0) is 0 Å². The van der Waals surface area contributed by atoms with Gasteiger partial charge in [0.15, 0.2) is 0 Å². The molecule has 1 atom stereocenters. The predicted molar refractivity (Wildman–Crippen MR) is 84.3 cm³/mol. The van der Waals surface area contributed by atoms with Gasteiger partial charge in [-0.3, -0.25) is 4.90 Å². The first kappa shape index (κ1) is 15.4. The van der Waals surface area contributed by atoms with E-state index in [-0.39, 0.29) is 24.3 Å². The van der Waals surface area contributed by atoms with Gasteiger partial charge in [-0.1, -0.05) is 24.3 Å². The van der Waals surface area contributed by atoms with E-state index in [2.05, 4.69) is 21.7 Å². The molecule has 1 aromatic carbocycles. The number of hydrogen-bond acceptors (Lipinski definition) is 3. The Labute approximate surface area is 129 Å². The molecular weight excluding hydrogens is 295 g/mol. The maximum atomic E-state index is 14.1. The fourth-order valence-corrected chi connectivity index (χ4v) is 3.49. The van der Waals surface area contributed by atoms with Crippen LogP contribution in [0.25, 0.3) is 0 Å². The van der Waals surface area contributed by atoms with E-state index in [1.54, 1.807) is 23.5 Å². The first-order valence-electron chi connectivity index (χ1n) is 6.59. The van der Waals surface area contributed by atoms with Crippen LogP contribution in [0.2, 0.25) is 0 Å². The summed E-state index contributed by atoms with van der Waals surface area (Å²) in [6.45, 7) is 3.85. The number of nitrogens with one attached hydrogen (secondary N) is 1. The minimum atomic E-state index is -0.112. The topological polar surface area (TPSA) is 15.3 Å². The van der Waals surface area contributed by atoms with Gasteiger partial charge in [-0.25, -0.2) is 4.39 Å². The van der Waals surface area contributed by atoms with Gasteiger partial charge >= 0.3 is 0 Å². The van der Waals surface area contributed by atoms with E-state index in [0.717, 1.165) is 31.7 Å². The molecule has 0 bridgehead atoms. The number of halogens is 2. The van der Waals surface area contributed by atoms with Gasteiger partial charge in [-0.05, 0) is 17.5 Å². The lowest BCUT2D eigenvalue weighted by Crippen LogP contribution is -2.45. The molecule has 0 unspecified atom stereocenters. The largest absolute Gasteiger partial charge is 0.314 e. The molecule has 1 aromatic heterocycles. The summed E-state index contributed by atoms with van der Waals surface area (Å²) in [4.78, 5) is 3.58.